The molecule has 3 rings (SSSR count). The minimum Gasteiger partial charge on any atom is -0.282 e. The number of para-hydroxylation sites is 1. The van der Waals surface area contributed by atoms with Crippen LogP contribution in [0.25, 0.3) is 0 Å². The van der Waals surface area contributed by atoms with E-state index in [4.69, 9.17) is 4.55 Å². The van der Waals surface area contributed by atoms with E-state index in [2.05, 4.69) is 10.2 Å². The van der Waals surface area contributed by atoms with Gasteiger partial charge in [-0.2, -0.15) is 18.6 Å². The molecule has 9 nitrogen and oxygen atoms in total. The van der Waals surface area contributed by atoms with E-state index in [0.29, 0.717) is 22.7 Å². The summed E-state index contributed by atoms with van der Waals surface area (Å²) in [6, 6.07) is 19.9. The minimum atomic E-state index is -4.26. The molecule has 0 radical (unpaired) electrons. The third-order valence-electron chi connectivity index (χ3n) is 3.67. The van der Waals surface area contributed by atoms with Crippen molar-refractivity contribution in [2.24, 2.45) is 10.2 Å². The lowest BCUT2D eigenvalue weighted by atomic mass is 10.2. The quantitative estimate of drug-likeness (QED) is 0.278. The Bertz CT molecular complexity index is 1100. The molecule has 0 spiro atoms. The lowest BCUT2D eigenvalue weighted by Crippen LogP contribution is -2.23. The van der Waals surface area contributed by atoms with Gasteiger partial charge in [0.15, 0.2) is 5.03 Å². The Morgan fingerprint density at radius 2 is 1.25 bits per heavy atom. The molecule has 0 aromatic heterocycles. The smallest absolute Gasteiger partial charge is 0.282 e. The van der Waals surface area contributed by atoms with Crippen LogP contribution < -0.4 is 5.01 Å². The summed E-state index contributed by atoms with van der Waals surface area (Å²) < 4.78 is 31.0. The predicted octanol–water partition coefficient (Wildman–Crippen LogP) is 4.68. The van der Waals surface area contributed by atoms with E-state index < -0.39 is 15.2 Å². The van der Waals surface area contributed by atoms with Crippen LogP contribution in [0.4, 0.5) is 22.7 Å². The van der Waals surface area contributed by atoms with Crippen molar-refractivity contribution in [1.29, 1.82) is 0 Å². The maximum Gasteiger partial charge on any atom is 0.294 e. The molecule has 3 aromatic rings. The lowest BCUT2D eigenvalue weighted by Gasteiger charge is -2.13. The number of hydrogen-bond donors (Lipinski definition) is 1. The molecule has 0 atom stereocenters. The number of anilines is 2. The summed E-state index contributed by atoms with van der Waals surface area (Å²) in [6.45, 7) is 0. The van der Waals surface area contributed by atoms with Crippen LogP contribution in [0.1, 0.15) is 0 Å². The number of benzene rings is 3. The summed E-state index contributed by atoms with van der Waals surface area (Å²) in [6.07, 6.45) is 0. The molecule has 142 valence electrons. The Labute approximate surface area is 160 Å². The number of nitro groups is 1. The van der Waals surface area contributed by atoms with E-state index in [0.717, 1.165) is 5.01 Å². The van der Waals surface area contributed by atoms with E-state index in [1.165, 1.54) is 24.3 Å². The third kappa shape index (κ3) is 4.55. The van der Waals surface area contributed by atoms with Crippen LogP contribution in [-0.4, -0.2) is 18.0 Å². The number of azo groups is 1. The highest BCUT2D eigenvalue weighted by Gasteiger charge is 2.19. The molecule has 1 N–H and O–H groups in total. The van der Waals surface area contributed by atoms with Gasteiger partial charge in [0.05, 0.1) is 16.3 Å². The summed E-state index contributed by atoms with van der Waals surface area (Å²) in [7, 11) is -4.26. The Hall–Kier alpha value is -3.63. The highest BCUT2D eigenvalue weighted by molar-refractivity contribution is 7.85. The lowest BCUT2D eigenvalue weighted by molar-refractivity contribution is -0.483. The van der Waals surface area contributed by atoms with Gasteiger partial charge in [0.1, 0.15) is 11.4 Å². The normalized spacial score (nSPS) is 11.5. The fraction of sp³-hybridized carbons (Fsp3) is 0. The Morgan fingerprint density at radius 1 is 0.786 bits per heavy atom. The molecule has 28 heavy (non-hydrogen) atoms. The van der Waals surface area contributed by atoms with E-state index in [1.54, 1.807) is 54.6 Å². The summed E-state index contributed by atoms with van der Waals surface area (Å²) in [5.74, 6) is 0. The van der Waals surface area contributed by atoms with E-state index >= 15 is 0 Å². The monoisotopic (exact) mass is 398 g/mol. The molecular formula is C18H14N4O5S. The molecule has 0 aliphatic carbocycles. The van der Waals surface area contributed by atoms with E-state index in [-0.39, 0.29) is 4.90 Å². The summed E-state index contributed by atoms with van der Waals surface area (Å²) in [5, 5.41) is 19.8. The molecule has 0 saturated carbocycles. The minimum absolute atomic E-state index is 0.239. The summed E-state index contributed by atoms with van der Waals surface area (Å²) >= 11 is 0. The summed E-state index contributed by atoms with van der Waals surface area (Å²) in [4.78, 5) is 11.2. The van der Waals surface area contributed by atoms with Crippen LogP contribution >= 0.6 is 0 Å². The van der Waals surface area contributed by atoms with Gasteiger partial charge in [0.25, 0.3) is 10.1 Å². The second kappa shape index (κ2) is 7.94. The first-order valence-electron chi connectivity index (χ1n) is 7.93. The fourth-order valence-electron chi connectivity index (χ4n) is 2.37. The second-order valence-corrected chi connectivity index (χ2v) is 6.99. The molecule has 0 fully saturated rings. The van der Waals surface area contributed by atoms with Gasteiger partial charge < -0.3 is 0 Å². The second-order valence-electron chi connectivity index (χ2n) is 5.57. The number of rotatable bonds is 6. The number of hydrogen-bond acceptors (Lipinski definition) is 6. The van der Waals surface area contributed by atoms with Gasteiger partial charge >= 0.3 is 0 Å². The average Bonchev–Trinajstić information content (AvgIpc) is 2.68. The van der Waals surface area contributed by atoms with Gasteiger partial charge in [-0.1, -0.05) is 23.2 Å². The topological polar surface area (TPSA) is 125 Å². The molecule has 0 unspecified atom stereocenters. The van der Waals surface area contributed by atoms with E-state index in [1.807, 2.05) is 0 Å². The van der Waals surface area contributed by atoms with Crippen LogP contribution in [0, 0.1) is 10.1 Å². The van der Waals surface area contributed by atoms with Crippen LogP contribution in [-0.2, 0) is 10.1 Å². The first kappa shape index (κ1) is 19.1. The fourth-order valence-corrected chi connectivity index (χ4v) is 2.85. The maximum absolute atomic E-state index is 11.4. The van der Waals surface area contributed by atoms with E-state index in [9.17, 15) is 18.5 Å². The zero-order valence-corrected chi connectivity index (χ0v) is 15.1. The molecule has 0 aliphatic heterocycles. The van der Waals surface area contributed by atoms with Crippen LogP contribution in [0.5, 0.6) is 0 Å². The Kier molecular flexibility index (Phi) is 5.43. The van der Waals surface area contributed by atoms with Crippen molar-refractivity contribution < 1.29 is 18.0 Å². The summed E-state index contributed by atoms with van der Waals surface area (Å²) in [5.41, 5.74) is 1.61. The molecule has 3 aromatic carbocycles. The molecule has 10 heteroatoms. The van der Waals surface area contributed by atoms with Crippen molar-refractivity contribution in [3.05, 3.63) is 89.0 Å². The van der Waals surface area contributed by atoms with Gasteiger partial charge in [0, 0.05) is 0 Å². The van der Waals surface area contributed by atoms with Gasteiger partial charge in [-0.15, -0.1) is 0 Å². The number of nitrogens with zero attached hydrogens (tertiary/aromatic N) is 4. The standard InChI is InChI=1S/C18H14N4O5S/c23-22(24)21(16-4-2-1-3-5-16)17-10-6-14(7-11-17)19-20-15-8-12-18(13-9-15)28(25,26)27/h1-13H,(H,25,26,27). The molecule has 0 heterocycles. The molecular weight excluding hydrogens is 384 g/mol. The number of hydrazine groups is 1. The van der Waals surface area contributed by atoms with Crippen LogP contribution in [0.3, 0.4) is 0 Å². The van der Waals surface area contributed by atoms with Crippen molar-refractivity contribution in [3.8, 4) is 0 Å². The third-order valence-corrected chi connectivity index (χ3v) is 4.54. The van der Waals surface area contributed by atoms with Gasteiger partial charge in [0.2, 0.25) is 0 Å². The Morgan fingerprint density at radius 3 is 1.71 bits per heavy atom. The predicted molar refractivity (Wildman–Crippen MR) is 102 cm³/mol. The van der Waals surface area contributed by atoms with Crippen LogP contribution in [0.2, 0.25) is 0 Å². The zero-order chi connectivity index (χ0) is 20.1. The van der Waals surface area contributed by atoms with Crippen molar-refractivity contribution in [2.45, 2.75) is 4.90 Å². The molecule has 0 amide bonds. The SMILES string of the molecule is O=[N+]([O-])N(c1ccccc1)c1ccc(N=Nc2ccc(S(=O)(=O)O)cc2)cc1. The van der Waals surface area contributed by atoms with Gasteiger partial charge in [-0.05, 0) is 60.7 Å². The first-order valence-corrected chi connectivity index (χ1v) is 9.37. The van der Waals surface area contributed by atoms with Crippen molar-refractivity contribution in [1.82, 2.24) is 0 Å². The van der Waals surface area contributed by atoms with Crippen molar-refractivity contribution >= 4 is 32.9 Å². The highest BCUT2D eigenvalue weighted by Crippen LogP contribution is 2.28. The van der Waals surface area contributed by atoms with Crippen LogP contribution in [0.15, 0.2) is 94.0 Å². The van der Waals surface area contributed by atoms with Crippen molar-refractivity contribution in [2.75, 3.05) is 5.01 Å². The van der Waals surface area contributed by atoms with Gasteiger partial charge in [-0.25, -0.2) is 10.1 Å². The molecule has 0 saturated heterocycles. The first-order chi connectivity index (χ1) is 13.3. The van der Waals surface area contributed by atoms with Gasteiger partial charge in [-0.3, -0.25) is 4.55 Å². The maximum atomic E-state index is 11.4. The molecule has 0 bridgehead atoms. The highest BCUT2D eigenvalue weighted by atomic mass is 32.2. The average molecular weight is 398 g/mol. The largest absolute Gasteiger partial charge is 0.294 e. The molecule has 0 aliphatic rings. The Balaban J connectivity index is 1.78. The zero-order valence-electron chi connectivity index (χ0n) is 14.3. The van der Waals surface area contributed by atoms with Crippen molar-refractivity contribution in [3.63, 3.8) is 0 Å².